The van der Waals surface area contributed by atoms with Crippen LogP contribution in [0.4, 0.5) is 0 Å². The van der Waals surface area contributed by atoms with Gasteiger partial charge in [0.25, 0.3) is 0 Å². The lowest BCUT2D eigenvalue weighted by atomic mass is 9.95. The second-order valence-electron chi connectivity index (χ2n) is 6.10. The summed E-state index contributed by atoms with van der Waals surface area (Å²) in [6.07, 6.45) is 0.898. The summed E-state index contributed by atoms with van der Waals surface area (Å²) in [4.78, 5) is 11.2. The van der Waals surface area contributed by atoms with Crippen LogP contribution in [0.1, 0.15) is 15.9 Å². The second kappa shape index (κ2) is 5.98. The van der Waals surface area contributed by atoms with Crippen LogP contribution in [0, 0.1) is 6.92 Å². The van der Waals surface area contributed by atoms with E-state index in [1.807, 2.05) is 37.4 Å². The van der Waals surface area contributed by atoms with Crippen LogP contribution in [0.3, 0.4) is 0 Å². The van der Waals surface area contributed by atoms with E-state index in [-0.39, 0.29) is 0 Å². The predicted octanol–water partition coefficient (Wildman–Crippen LogP) is 4.42. The van der Waals surface area contributed by atoms with Crippen LogP contribution in [0.2, 0.25) is 0 Å². The molecular formula is C21H17N3O. The van der Waals surface area contributed by atoms with E-state index in [0.717, 1.165) is 45.1 Å². The molecule has 0 aliphatic rings. The monoisotopic (exact) mass is 327 g/mol. The van der Waals surface area contributed by atoms with Gasteiger partial charge in [-0.3, -0.25) is 4.79 Å². The van der Waals surface area contributed by atoms with Gasteiger partial charge in [-0.2, -0.15) is 0 Å². The van der Waals surface area contributed by atoms with E-state index in [4.69, 9.17) is 0 Å². The number of rotatable bonds is 3. The minimum Gasteiger partial charge on any atom is -0.298 e. The first-order valence-electron chi connectivity index (χ1n) is 8.13. The van der Waals surface area contributed by atoms with Crippen LogP contribution in [0.5, 0.6) is 0 Å². The fourth-order valence-corrected chi connectivity index (χ4v) is 3.24. The maximum atomic E-state index is 11.2. The number of nitrogens with zero attached hydrogens (tertiary/aromatic N) is 3. The van der Waals surface area contributed by atoms with Crippen LogP contribution in [-0.4, -0.2) is 21.3 Å². The first kappa shape index (κ1) is 15.3. The molecule has 0 saturated heterocycles. The molecule has 1 aromatic heterocycles. The predicted molar refractivity (Wildman–Crippen MR) is 99.5 cm³/mol. The summed E-state index contributed by atoms with van der Waals surface area (Å²) < 4.78 is 1.78. The maximum Gasteiger partial charge on any atom is 0.150 e. The fourth-order valence-electron chi connectivity index (χ4n) is 3.24. The second-order valence-corrected chi connectivity index (χ2v) is 6.10. The van der Waals surface area contributed by atoms with Gasteiger partial charge < -0.3 is 0 Å². The molecule has 25 heavy (non-hydrogen) atoms. The highest BCUT2D eigenvalue weighted by molar-refractivity contribution is 5.89. The zero-order chi connectivity index (χ0) is 17.4. The summed E-state index contributed by atoms with van der Waals surface area (Å²) in [5, 5.41) is 8.36. The van der Waals surface area contributed by atoms with E-state index in [0.29, 0.717) is 5.56 Å². The zero-order valence-corrected chi connectivity index (χ0v) is 14.1. The van der Waals surface area contributed by atoms with Gasteiger partial charge in [0.2, 0.25) is 0 Å². The molecule has 0 fully saturated rings. The smallest absolute Gasteiger partial charge is 0.150 e. The van der Waals surface area contributed by atoms with Gasteiger partial charge in [0.05, 0.1) is 5.52 Å². The van der Waals surface area contributed by atoms with Crippen LogP contribution < -0.4 is 0 Å². The Morgan fingerprint density at radius 1 is 0.880 bits per heavy atom. The highest BCUT2D eigenvalue weighted by atomic mass is 16.1. The summed E-state index contributed by atoms with van der Waals surface area (Å²) in [5.74, 6) is 0. The minimum atomic E-state index is 0.701. The van der Waals surface area contributed by atoms with E-state index < -0.39 is 0 Å². The summed E-state index contributed by atoms with van der Waals surface area (Å²) >= 11 is 0. The van der Waals surface area contributed by atoms with Crippen molar-refractivity contribution in [3.8, 4) is 22.3 Å². The van der Waals surface area contributed by atoms with Gasteiger partial charge in [0, 0.05) is 12.6 Å². The lowest BCUT2D eigenvalue weighted by Crippen LogP contribution is -1.90. The van der Waals surface area contributed by atoms with Crippen LogP contribution in [-0.2, 0) is 7.05 Å². The Kier molecular flexibility index (Phi) is 3.65. The Bertz CT molecular complexity index is 1080. The molecule has 4 heteroatoms. The van der Waals surface area contributed by atoms with Gasteiger partial charge in [0.15, 0.2) is 6.29 Å². The van der Waals surface area contributed by atoms with E-state index in [1.54, 1.807) is 4.68 Å². The van der Waals surface area contributed by atoms with E-state index in [9.17, 15) is 4.79 Å². The van der Waals surface area contributed by atoms with Crippen LogP contribution >= 0.6 is 0 Å². The largest absolute Gasteiger partial charge is 0.298 e. The summed E-state index contributed by atoms with van der Waals surface area (Å²) in [5.41, 5.74) is 8.02. The average Bonchev–Trinajstić information content (AvgIpc) is 3.04. The molecule has 3 aromatic carbocycles. The van der Waals surface area contributed by atoms with Gasteiger partial charge in [-0.1, -0.05) is 59.8 Å². The third-order valence-electron chi connectivity index (χ3n) is 4.63. The van der Waals surface area contributed by atoms with Crippen molar-refractivity contribution in [3.63, 3.8) is 0 Å². The zero-order valence-electron chi connectivity index (χ0n) is 14.1. The number of aldehydes is 1. The summed E-state index contributed by atoms with van der Waals surface area (Å²) in [7, 11) is 1.90. The number of aryl methyl sites for hydroxylation is 2. The number of hydrogen-bond donors (Lipinski definition) is 0. The lowest BCUT2D eigenvalue weighted by Gasteiger charge is -2.09. The third kappa shape index (κ3) is 2.52. The number of carbonyl (C=O) groups excluding carboxylic acids is 1. The Morgan fingerprint density at radius 3 is 2.28 bits per heavy atom. The first-order chi connectivity index (χ1) is 12.2. The molecule has 0 unspecified atom stereocenters. The van der Waals surface area contributed by atoms with Crippen molar-refractivity contribution >= 4 is 17.3 Å². The Morgan fingerprint density at radius 2 is 1.56 bits per heavy atom. The number of fused-ring (bicyclic) bond motifs is 1. The molecule has 1 heterocycles. The summed E-state index contributed by atoms with van der Waals surface area (Å²) in [6, 6.07) is 20.1. The van der Waals surface area contributed by atoms with Crippen molar-refractivity contribution in [2.75, 3.05) is 0 Å². The van der Waals surface area contributed by atoms with Crippen LogP contribution in [0.15, 0.2) is 60.7 Å². The van der Waals surface area contributed by atoms with Gasteiger partial charge in [0.1, 0.15) is 5.52 Å². The van der Waals surface area contributed by atoms with Crippen molar-refractivity contribution in [2.45, 2.75) is 6.92 Å². The van der Waals surface area contributed by atoms with E-state index >= 15 is 0 Å². The third-order valence-corrected chi connectivity index (χ3v) is 4.63. The van der Waals surface area contributed by atoms with Crippen molar-refractivity contribution in [2.24, 2.45) is 7.05 Å². The molecule has 0 N–H and O–H groups in total. The molecule has 4 rings (SSSR count). The molecular weight excluding hydrogens is 310 g/mol. The highest BCUT2D eigenvalue weighted by Crippen LogP contribution is 2.31. The molecule has 4 nitrogen and oxygen atoms in total. The molecule has 0 atom stereocenters. The molecule has 0 amide bonds. The van der Waals surface area contributed by atoms with E-state index in [2.05, 4.69) is 47.6 Å². The first-order valence-corrected chi connectivity index (χ1v) is 8.13. The standard InChI is InChI=1S/C21H17N3O/c1-14-18(11-12-20-21(14)22-23-24(20)2)15-7-9-16(10-8-15)19-6-4-3-5-17(19)13-25/h3-13H,1-2H3. The van der Waals surface area contributed by atoms with Gasteiger partial charge in [-0.05, 0) is 40.8 Å². The molecule has 0 aliphatic carbocycles. The Labute approximate surface area is 145 Å². The number of aromatic nitrogens is 3. The van der Waals surface area contributed by atoms with Crippen molar-refractivity contribution in [1.29, 1.82) is 0 Å². The average molecular weight is 327 g/mol. The molecule has 4 aromatic rings. The van der Waals surface area contributed by atoms with Gasteiger partial charge in [-0.25, -0.2) is 4.68 Å². The molecule has 0 radical (unpaired) electrons. The molecule has 122 valence electrons. The van der Waals surface area contributed by atoms with Gasteiger partial charge in [-0.15, -0.1) is 5.10 Å². The molecule has 0 saturated carbocycles. The van der Waals surface area contributed by atoms with Gasteiger partial charge >= 0.3 is 0 Å². The van der Waals surface area contributed by atoms with E-state index in [1.165, 1.54) is 0 Å². The van der Waals surface area contributed by atoms with Crippen LogP contribution in [0.25, 0.3) is 33.3 Å². The normalized spacial score (nSPS) is 11.0. The number of benzene rings is 3. The van der Waals surface area contributed by atoms with Crippen molar-refractivity contribution < 1.29 is 4.79 Å². The highest BCUT2D eigenvalue weighted by Gasteiger charge is 2.11. The Balaban J connectivity index is 1.78. The minimum absolute atomic E-state index is 0.701. The summed E-state index contributed by atoms with van der Waals surface area (Å²) in [6.45, 7) is 2.07. The fraction of sp³-hybridized carbons (Fsp3) is 0.0952. The van der Waals surface area contributed by atoms with Crippen molar-refractivity contribution in [3.05, 3.63) is 71.8 Å². The molecule has 0 spiro atoms. The molecule has 0 bridgehead atoms. The Hall–Kier alpha value is -3.27. The quantitative estimate of drug-likeness (QED) is 0.523. The maximum absolute atomic E-state index is 11.2. The van der Waals surface area contributed by atoms with Crippen molar-refractivity contribution in [1.82, 2.24) is 15.0 Å². The number of hydrogen-bond acceptors (Lipinski definition) is 3. The SMILES string of the molecule is Cc1c(-c2ccc(-c3ccccc3C=O)cc2)ccc2c1nnn2C. The lowest BCUT2D eigenvalue weighted by molar-refractivity contribution is 0.112. The topological polar surface area (TPSA) is 47.8 Å². The number of carbonyl (C=O) groups is 1. The molecule has 0 aliphatic heterocycles.